The van der Waals surface area contributed by atoms with Crippen LogP contribution in [0.15, 0.2) is 29.4 Å². The molecule has 9 heteroatoms. The second-order valence-electron chi connectivity index (χ2n) is 8.94. The Morgan fingerprint density at radius 2 is 1.97 bits per heavy atom. The van der Waals surface area contributed by atoms with Crippen LogP contribution in [0.3, 0.4) is 0 Å². The summed E-state index contributed by atoms with van der Waals surface area (Å²) in [6, 6.07) is 6.39. The molecule has 1 unspecified atom stereocenters. The number of anilines is 2. The Hall–Kier alpha value is -3.07. The lowest BCUT2D eigenvalue weighted by Crippen LogP contribution is -2.45. The van der Waals surface area contributed by atoms with E-state index >= 15 is 0 Å². The van der Waals surface area contributed by atoms with E-state index in [1.807, 2.05) is 24.5 Å². The van der Waals surface area contributed by atoms with Crippen molar-refractivity contribution in [2.75, 3.05) is 50.5 Å². The van der Waals surface area contributed by atoms with E-state index in [9.17, 15) is 4.79 Å². The monoisotopic (exact) mass is 436 g/mol. The summed E-state index contributed by atoms with van der Waals surface area (Å²) in [5.74, 6) is 0.787. The Morgan fingerprint density at radius 3 is 2.66 bits per heavy atom. The largest absolute Gasteiger partial charge is 0.368 e. The number of aromatic nitrogens is 2. The van der Waals surface area contributed by atoms with Gasteiger partial charge < -0.3 is 30.3 Å². The zero-order valence-corrected chi connectivity index (χ0v) is 18.8. The number of carbonyl (C=O) groups is 1. The van der Waals surface area contributed by atoms with E-state index in [-0.39, 0.29) is 12.2 Å². The molecule has 2 aromatic heterocycles. The summed E-state index contributed by atoms with van der Waals surface area (Å²) in [5.41, 5.74) is 2.73. The number of pyridine rings is 1. The van der Waals surface area contributed by atoms with E-state index in [2.05, 4.69) is 36.5 Å². The van der Waals surface area contributed by atoms with Gasteiger partial charge in [0.1, 0.15) is 17.0 Å². The van der Waals surface area contributed by atoms with Gasteiger partial charge in [-0.3, -0.25) is 4.79 Å². The molecule has 2 aliphatic heterocycles. The maximum absolute atomic E-state index is 12.9. The van der Waals surface area contributed by atoms with Gasteiger partial charge in [-0.2, -0.15) is 0 Å². The van der Waals surface area contributed by atoms with Crippen molar-refractivity contribution in [3.8, 4) is 0 Å². The van der Waals surface area contributed by atoms with Gasteiger partial charge in [0.15, 0.2) is 6.29 Å². The fraction of sp³-hybridized carbons (Fsp3) is 0.522. The van der Waals surface area contributed by atoms with Crippen molar-refractivity contribution in [2.24, 2.45) is 4.99 Å². The average molecular weight is 437 g/mol. The molecule has 9 nitrogen and oxygen atoms in total. The average Bonchev–Trinajstić information content (AvgIpc) is 3.47. The van der Waals surface area contributed by atoms with Crippen LogP contribution in [0.2, 0.25) is 0 Å². The lowest BCUT2D eigenvalue weighted by atomic mass is 10.2. The lowest BCUT2D eigenvalue weighted by Gasteiger charge is -2.29. The summed E-state index contributed by atoms with van der Waals surface area (Å²) in [6.07, 6.45) is 8.10. The number of fused-ring (bicyclic) bond motifs is 1. The van der Waals surface area contributed by atoms with Crippen molar-refractivity contribution in [1.82, 2.24) is 25.1 Å². The number of carbonyl (C=O) groups excluding carboxylic acids is 1. The summed E-state index contributed by atoms with van der Waals surface area (Å²) in [5, 5.41) is 11.0. The highest BCUT2D eigenvalue weighted by Crippen LogP contribution is 2.29. The maximum Gasteiger partial charge on any atom is 0.270 e. The smallest absolute Gasteiger partial charge is 0.270 e. The topological polar surface area (TPSA) is 89.8 Å². The highest BCUT2D eigenvalue weighted by atomic mass is 16.2. The number of amides is 1. The predicted molar refractivity (Wildman–Crippen MR) is 125 cm³/mol. The summed E-state index contributed by atoms with van der Waals surface area (Å²) < 4.78 is 2.16. The SMILES string of the molecule is CN(C)C(=O)c1cc2c(n1C1CCCC1)=NC(Nc1ccc(N3CCNCC3)cn1)NC=2. The molecule has 1 amide bonds. The first-order chi connectivity index (χ1) is 15.6. The molecule has 3 N–H and O–H groups in total. The van der Waals surface area contributed by atoms with Crippen LogP contribution in [-0.2, 0) is 0 Å². The van der Waals surface area contributed by atoms with Crippen LogP contribution in [0.5, 0.6) is 0 Å². The van der Waals surface area contributed by atoms with E-state index in [4.69, 9.17) is 4.99 Å². The van der Waals surface area contributed by atoms with Crippen molar-refractivity contribution in [3.63, 3.8) is 0 Å². The molecule has 4 heterocycles. The molecule has 1 aliphatic carbocycles. The minimum absolute atomic E-state index is 0.0181. The summed E-state index contributed by atoms with van der Waals surface area (Å²) in [7, 11) is 3.60. The standard InChI is InChI=1S/C23H32N8O/c1-29(2)22(32)19-13-16-14-26-23(28-21(16)31(19)17-5-3-4-6-17)27-20-8-7-18(15-25-20)30-11-9-24-10-12-30/h7-8,13-15,17,23-24,26H,3-6,9-12H2,1-2H3,(H,25,27). The quantitative estimate of drug-likeness (QED) is 0.631. The molecule has 0 bridgehead atoms. The van der Waals surface area contributed by atoms with Gasteiger partial charge in [-0.25, -0.2) is 9.98 Å². The first kappa shape index (κ1) is 20.8. The minimum atomic E-state index is -0.336. The summed E-state index contributed by atoms with van der Waals surface area (Å²) >= 11 is 0. The molecule has 170 valence electrons. The molecule has 0 spiro atoms. The number of nitrogens with zero attached hydrogens (tertiary/aromatic N) is 5. The van der Waals surface area contributed by atoms with Gasteiger partial charge in [0, 0.05) is 57.7 Å². The zero-order valence-electron chi connectivity index (χ0n) is 18.8. The number of rotatable bonds is 5. The third-order valence-corrected chi connectivity index (χ3v) is 6.52. The number of nitrogens with one attached hydrogen (secondary N) is 3. The molecule has 1 saturated heterocycles. The third kappa shape index (κ3) is 4.04. The van der Waals surface area contributed by atoms with Gasteiger partial charge in [-0.1, -0.05) is 12.8 Å². The van der Waals surface area contributed by atoms with Gasteiger partial charge >= 0.3 is 0 Å². The Morgan fingerprint density at radius 1 is 1.19 bits per heavy atom. The molecule has 0 aromatic carbocycles. The Balaban J connectivity index is 1.40. The van der Waals surface area contributed by atoms with Crippen LogP contribution in [0, 0.1) is 0 Å². The number of piperazine rings is 1. The second kappa shape index (κ2) is 8.82. The normalized spacial score (nSPS) is 20.7. The van der Waals surface area contributed by atoms with Crippen LogP contribution in [0.4, 0.5) is 11.5 Å². The van der Waals surface area contributed by atoms with Gasteiger partial charge in [0.25, 0.3) is 5.91 Å². The van der Waals surface area contributed by atoms with Crippen LogP contribution in [-0.4, -0.2) is 66.9 Å². The first-order valence-corrected chi connectivity index (χ1v) is 11.6. The highest BCUT2D eigenvalue weighted by molar-refractivity contribution is 5.92. The molecule has 0 radical (unpaired) electrons. The van der Waals surface area contributed by atoms with Crippen molar-refractivity contribution in [1.29, 1.82) is 0 Å². The van der Waals surface area contributed by atoms with E-state index in [0.717, 1.165) is 61.2 Å². The van der Waals surface area contributed by atoms with Gasteiger partial charge in [0.2, 0.25) is 0 Å². The molecular formula is C23H32N8O. The first-order valence-electron chi connectivity index (χ1n) is 11.6. The van der Waals surface area contributed by atoms with E-state index in [0.29, 0.717) is 11.7 Å². The molecule has 3 aliphatic rings. The van der Waals surface area contributed by atoms with Crippen LogP contribution >= 0.6 is 0 Å². The third-order valence-electron chi connectivity index (χ3n) is 6.52. The number of hydrogen-bond acceptors (Lipinski definition) is 7. The van der Waals surface area contributed by atoms with Crippen molar-refractivity contribution in [2.45, 2.75) is 38.0 Å². The van der Waals surface area contributed by atoms with E-state index in [1.165, 1.54) is 12.8 Å². The van der Waals surface area contributed by atoms with Crippen molar-refractivity contribution in [3.05, 3.63) is 40.8 Å². The Labute approximate surface area is 188 Å². The van der Waals surface area contributed by atoms with Crippen LogP contribution in [0.1, 0.15) is 42.2 Å². The zero-order chi connectivity index (χ0) is 22.1. The molecule has 5 rings (SSSR count). The van der Waals surface area contributed by atoms with Gasteiger partial charge in [0.05, 0.1) is 11.9 Å². The van der Waals surface area contributed by atoms with E-state index in [1.54, 1.807) is 19.0 Å². The van der Waals surface area contributed by atoms with Crippen LogP contribution < -0.4 is 31.6 Å². The predicted octanol–water partition coefficient (Wildman–Crippen LogP) is 0.466. The molecular weight excluding hydrogens is 404 g/mol. The second-order valence-corrected chi connectivity index (χ2v) is 8.94. The fourth-order valence-electron chi connectivity index (χ4n) is 4.83. The maximum atomic E-state index is 12.9. The Bertz CT molecular complexity index is 1080. The van der Waals surface area contributed by atoms with E-state index < -0.39 is 0 Å². The lowest BCUT2D eigenvalue weighted by molar-refractivity contribution is 0.0814. The van der Waals surface area contributed by atoms with Gasteiger partial charge in [-0.05, 0) is 31.0 Å². The molecule has 32 heavy (non-hydrogen) atoms. The van der Waals surface area contributed by atoms with Crippen LogP contribution in [0.25, 0.3) is 6.20 Å². The molecule has 1 atom stereocenters. The minimum Gasteiger partial charge on any atom is -0.368 e. The highest BCUT2D eigenvalue weighted by Gasteiger charge is 2.26. The molecule has 2 aromatic rings. The fourth-order valence-corrected chi connectivity index (χ4v) is 4.83. The summed E-state index contributed by atoms with van der Waals surface area (Å²) in [6.45, 7) is 4.00. The van der Waals surface area contributed by atoms with Crippen molar-refractivity contribution < 1.29 is 4.79 Å². The van der Waals surface area contributed by atoms with Gasteiger partial charge in [-0.15, -0.1) is 0 Å². The number of hydrogen-bond donors (Lipinski definition) is 3. The Kier molecular flexibility index (Phi) is 5.73. The summed E-state index contributed by atoms with van der Waals surface area (Å²) in [4.78, 5) is 26.4. The molecule has 1 saturated carbocycles. The molecule has 2 fully saturated rings. The van der Waals surface area contributed by atoms with Crippen molar-refractivity contribution >= 4 is 23.6 Å².